The van der Waals surface area contributed by atoms with Crippen molar-refractivity contribution in [2.45, 2.75) is 25.1 Å². The van der Waals surface area contributed by atoms with Gasteiger partial charge in [0, 0.05) is 13.5 Å². The summed E-state index contributed by atoms with van der Waals surface area (Å²) in [5.74, 6) is -0.826. The molecule has 0 aromatic carbocycles. The third-order valence-corrected chi connectivity index (χ3v) is 3.20. The van der Waals surface area contributed by atoms with Gasteiger partial charge in [0.15, 0.2) is 0 Å². The van der Waals surface area contributed by atoms with Crippen LogP contribution in [0.15, 0.2) is 12.3 Å². The summed E-state index contributed by atoms with van der Waals surface area (Å²) in [4.78, 5) is 27.4. The van der Waals surface area contributed by atoms with Crippen molar-refractivity contribution in [2.24, 2.45) is 0 Å². The molecule has 1 aromatic heterocycles. The Labute approximate surface area is 118 Å². The number of anilines is 2. The fourth-order valence-electron chi connectivity index (χ4n) is 1.98. The number of imide groups is 1. The van der Waals surface area contributed by atoms with Gasteiger partial charge < -0.3 is 11.1 Å². The van der Waals surface area contributed by atoms with E-state index in [2.05, 4.69) is 10.3 Å². The van der Waals surface area contributed by atoms with E-state index in [1.807, 2.05) is 0 Å². The van der Waals surface area contributed by atoms with Gasteiger partial charge in [-0.1, -0.05) is 0 Å². The van der Waals surface area contributed by atoms with E-state index in [1.54, 1.807) is 0 Å². The van der Waals surface area contributed by atoms with Gasteiger partial charge in [0.1, 0.15) is 11.7 Å². The van der Waals surface area contributed by atoms with Gasteiger partial charge >= 0.3 is 6.18 Å². The Hall–Kier alpha value is -2.32. The lowest BCUT2D eigenvalue weighted by molar-refractivity contribution is -0.146. The Balaban J connectivity index is 2.23. The number of alkyl halides is 3. The first-order valence-electron chi connectivity index (χ1n) is 6.10. The zero-order valence-corrected chi connectivity index (χ0v) is 11.1. The number of hydrogen-bond donors (Lipinski definition) is 2. The maximum Gasteiger partial charge on any atom is 0.433 e. The van der Waals surface area contributed by atoms with Crippen LogP contribution < -0.4 is 11.1 Å². The summed E-state index contributed by atoms with van der Waals surface area (Å²) in [5.41, 5.74) is 4.43. The molecule has 0 radical (unpaired) electrons. The average molecular weight is 302 g/mol. The lowest BCUT2D eigenvalue weighted by atomic mass is 10.0. The number of likely N-dealkylation sites (N-methyl/N-ethyl adjacent to an activating group) is 1. The maximum atomic E-state index is 12.6. The van der Waals surface area contributed by atoms with E-state index in [0.717, 1.165) is 17.2 Å². The summed E-state index contributed by atoms with van der Waals surface area (Å²) in [5, 5.41) is 2.65. The molecule has 2 heterocycles. The summed E-state index contributed by atoms with van der Waals surface area (Å²) in [6, 6.07) is -0.0440. The van der Waals surface area contributed by atoms with Gasteiger partial charge in [0.05, 0.1) is 17.6 Å². The predicted octanol–water partition coefficient (Wildman–Crippen LogP) is 1.24. The van der Waals surface area contributed by atoms with Crippen LogP contribution in [-0.4, -0.2) is 34.8 Å². The van der Waals surface area contributed by atoms with Crippen LogP contribution in [0.5, 0.6) is 0 Å². The van der Waals surface area contributed by atoms with E-state index in [1.165, 1.54) is 7.05 Å². The Kier molecular flexibility index (Phi) is 3.75. The minimum atomic E-state index is -4.60. The molecule has 0 saturated carbocycles. The fraction of sp³-hybridized carbons (Fsp3) is 0.417. The van der Waals surface area contributed by atoms with Crippen LogP contribution in [0.25, 0.3) is 0 Å². The first kappa shape index (κ1) is 15.1. The van der Waals surface area contributed by atoms with E-state index in [9.17, 15) is 22.8 Å². The van der Waals surface area contributed by atoms with Gasteiger partial charge in [0.25, 0.3) is 5.91 Å². The van der Waals surface area contributed by atoms with Crippen LogP contribution in [0.3, 0.4) is 0 Å². The fourth-order valence-corrected chi connectivity index (χ4v) is 1.98. The number of hydrogen-bond acceptors (Lipinski definition) is 5. The number of pyridine rings is 1. The number of piperidine rings is 1. The molecule has 2 rings (SSSR count). The Morgan fingerprint density at radius 2 is 2.10 bits per heavy atom. The van der Waals surface area contributed by atoms with Crippen LogP contribution in [0.2, 0.25) is 0 Å². The standard InChI is InChI=1S/C12H13F3N4O2/c1-19-10(20)3-2-7(11(19)21)18-8-4-9(12(13,14)15)17-5-6(8)16/h4-5,7H,2-3,16H2,1H3,(H,17,18). The summed E-state index contributed by atoms with van der Waals surface area (Å²) in [7, 11) is 1.33. The van der Waals surface area contributed by atoms with Crippen LogP contribution in [0.4, 0.5) is 24.5 Å². The van der Waals surface area contributed by atoms with Crippen molar-refractivity contribution in [1.29, 1.82) is 0 Å². The monoisotopic (exact) mass is 302 g/mol. The molecule has 6 nitrogen and oxygen atoms in total. The highest BCUT2D eigenvalue weighted by Crippen LogP contribution is 2.31. The molecule has 9 heteroatoms. The summed E-state index contributed by atoms with van der Waals surface area (Å²) >= 11 is 0. The molecule has 21 heavy (non-hydrogen) atoms. The van der Waals surface area contributed by atoms with Gasteiger partial charge in [-0.15, -0.1) is 0 Å². The summed E-state index contributed by atoms with van der Waals surface area (Å²) in [6.45, 7) is 0. The number of aromatic nitrogens is 1. The van der Waals surface area contributed by atoms with Gasteiger partial charge in [-0.2, -0.15) is 13.2 Å². The molecule has 2 amide bonds. The number of nitrogens with two attached hydrogens (primary N) is 1. The molecule has 1 fully saturated rings. The van der Waals surface area contributed by atoms with Gasteiger partial charge in [0.2, 0.25) is 5.91 Å². The largest absolute Gasteiger partial charge is 0.433 e. The van der Waals surface area contributed by atoms with E-state index >= 15 is 0 Å². The normalized spacial score (nSPS) is 19.8. The molecule has 0 aliphatic carbocycles. The predicted molar refractivity (Wildman–Crippen MR) is 68.1 cm³/mol. The number of nitrogens with one attached hydrogen (secondary N) is 1. The number of likely N-dealkylation sites (tertiary alicyclic amines) is 1. The molecule has 1 aromatic rings. The summed E-state index contributed by atoms with van der Waals surface area (Å²) < 4.78 is 37.9. The van der Waals surface area contributed by atoms with Crippen LogP contribution in [0.1, 0.15) is 18.5 Å². The van der Waals surface area contributed by atoms with Crippen molar-refractivity contribution in [3.05, 3.63) is 18.0 Å². The second-order valence-corrected chi connectivity index (χ2v) is 4.68. The highest BCUT2D eigenvalue weighted by Gasteiger charge is 2.35. The van der Waals surface area contributed by atoms with Crippen molar-refractivity contribution in [3.63, 3.8) is 0 Å². The second kappa shape index (κ2) is 5.23. The van der Waals surface area contributed by atoms with Crippen molar-refractivity contribution in [3.8, 4) is 0 Å². The molecular formula is C12H13F3N4O2. The third-order valence-electron chi connectivity index (χ3n) is 3.20. The van der Waals surface area contributed by atoms with Crippen LogP contribution in [-0.2, 0) is 15.8 Å². The number of nitrogens with zero attached hydrogens (tertiary/aromatic N) is 2. The highest BCUT2D eigenvalue weighted by molar-refractivity contribution is 6.01. The van der Waals surface area contributed by atoms with E-state index < -0.39 is 23.8 Å². The molecular weight excluding hydrogens is 289 g/mol. The first-order chi connectivity index (χ1) is 9.70. The van der Waals surface area contributed by atoms with E-state index in [-0.39, 0.29) is 30.1 Å². The third kappa shape index (κ3) is 3.06. The zero-order chi connectivity index (χ0) is 15.8. The average Bonchev–Trinajstić information content (AvgIpc) is 2.40. The molecule has 0 spiro atoms. The smallest absolute Gasteiger partial charge is 0.396 e. The van der Waals surface area contributed by atoms with Gasteiger partial charge in [-0.25, -0.2) is 4.98 Å². The molecule has 1 unspecified atom stereocenters. The Morgan fingerprint density at radius 3 is 2.71 bits per heavy atom. The number of nitrogen functional groups attached to an aromatic ring is 1. The number of rotatable bonds is 2. The lowest BCUT2D eigenvalue weighted by Crippen LogP contribution is -2.48. The first-order valence-corrected chi connectivity index (χ1v) is 6.10. The van der Waals surface area contributed by atoms with Crippen LogP contribution >= 0.6 is 0 Å². The maximum absolute atomic E-state index is 12.6. The number of carbonyl (C=O) groups is 2. The van der Waals surface area contributed by atoms with Gasteiger partial charge in [-0.05, 0) is 12.5 Å². The summed E-state index contributed by atoms with van der Waals surface area (Å²) in [6.07, 6.45) is -3.39. The van der Waals surface area contributed by atoms with E-state index in [4.69, 9.17) is 5.73 Å². The molecule has 114 valence electrons. The van der Waals surface area contributed by atoms with Crippen LogP contribution in [0, 0.1) is 0 Å². The molecule has 0 bridgehead atoms. The molecule has 1 saturated heterocycles. The van der Waals surface area contributed by atoms with Gasteiger partial charge in [-0.3, -0.25) is 14.5 Å². The number of halogens is 3. The van der Waals surface area contributed by atoms with Crippen molar-refractivity contribution in [1.82, 2.24) is 9.88 Å². The lowest BCUT2D eigenvalue weighted by Gasteiger charge is -2.29. The zero-order valence-electron chi connectivity index (χ0n) is 11.1. The number of amides is 2. The quantitative estimate of drug-likeness (QED) is 0.803. The molecule has 1 aliphatic heterocycles. The van der Waals surface area contributed by atoms with E-state index in [0.29, 0.717) is 0 Å². The van der Waals surface area contributed by atoms with Crippen molar-refractivity contribution >= 4 is 23.2 Å². The minimum Gasteiger partial charge on any atom is -0.396 e. The SMILES string of the molecule is CN1C(=O)CCC(Nc2cc(C(F)(F)F)ncc2N)C1=O. The van der Waals surface area contributed by atoms with Crippen molar-refractivity contribution in [2.75, 3.05) is 18.1 Å². The minimum absolute atomic E-state index is 0.00430. The van der Waals surface area contributed by atoms with Crippen molar-refractivity contribution < 1.29 is 22.8 Å². The molecule has 3 N–H and O–H groups in total. The Morgan fingerprint density at radius 1 is 1.43 bits per heavy atom. The second-order valence-electron chi connectivity index (χ2n) is 4.68. The molecule has 1 aliphatic rings. The topological polar surface area (TPSA) is 88.3 Å². The number of carbonyl (C=O) groups excluding carboxylic acids is 2. The molecule has 1 atom stereocenters. The Bertz CT molecular complexity index is 588. The highest BCUT2D eigenvalue weighted by atomic mass is 19.4.